The van der Waals surface area contributed by atoms with Crippen LogP contribution in [0.3, 0.4) is 0 Å². The summed E-state index contributed by atoms with van der Waals surface area (Å²) < 4.78 is 1.93. The van der Waals surface area contributed by atoms with Crippen molar-refractivity contribution in [3.05, 3.63) is 42.4 Å². The molecule has 22 heavy (non-hydrogen) atoms. The van der Waals surface area contributed by atoms with E-state index in [4.69, 9.17) is 5.10 Å². The van der Waals surface area contributed by atoms with Crippen molar-refractivity contribution in [3.63, 3.8) is 0 Å². The average molecular weight is 294 g/mol. The standard InChI is InChI=1S/C16H18N6/c1-12-4-2-3-5-14(12)22-15-13(10-18-11-19-15)16(20-22)21-8-6-17-7-9-21/h2-5,10-11,17H,6-9H2,1H3. The maximum Gasteiger partial charge on any atom is 0.168 e. The number of hydrogen-bond acceptors (Lipinski definition) is 5. The van der Waals surface area contributed by atoms with Gasteiger partial charge in [0.1, 0.15) is 6.33 Å². The van der Waals surface area contributed by atoms with Crippen LogP contribution in [-0.2, 0) is 0 Å². The van der Waals surface area contributed by atoms with Gasteiger partial charge in [-0.05, 0) is 18.6 Å². The Morgan fingerprint density at radius 3 is 2.77 bits per heavy atom. The molecule has 0 radical (unpaired) electrons. The Morgan fingerprint density at radius 1 is 1.14 bits per heavy atom. The minimum Gasteiger partial charge on any atom is -0.352 e. The fraction of sp³-hybridized carbons (Fsp3) is 0.312. The van der Waals surface area contributed by atoms with Gasteiger partial charge in [-0.15, -0.1) is 5.10 Å². The zero-order valence-electron chi connectivity index (χ0n) is 12.5. The van der Waals surface area contributed by atoms with E-state index in [2.05, 4.69) is 39.2 Å². The van der Waals surface area contributed by atoms with Gasteiger partial charge in [0.25, 0.3) is 0 Å². The summed E-state index contributed by atoms with van der Waals surface area (Å²) in [6.45, 7) is 5.96. The summed E-state index contributed by atoms with van der Waals surface area (Å²) in [6, 6.07) is 8.23. The topological polar surface area (TPSA) is 58.9 Å². The van der Waals surface area contributed by atoms with Crippen LogP contribution < -0.4 is 10.2 Å². The lowest BCUT2D eigenvalue weighted by Crippen LogP contribution is -2.43. The molecule has 6 nitrogen and oxygen atoms in total. The van der Waals surface area contributed by atoms with Crippen molar-refractivity contribution < 1.29 is 0 Å². The molecule has 0 aliphatic carbocycles. The fourth-order valence-electron chi connectivity index (χ4n) is 2.92. The minimum absolute atomic E-state index is 0.859. The first kappa shape index (κ1) is 13.2. The first-order valence-electron chi connectivity index (χ1n) is 7.55. The Kier molecular flexibility index (Phi) is 3.23. The van der Waals surface area contributed by atoms with Crippen molar-refractivity contribution in [3.8, 4) is 5.69 Å². The van der Waals surface area contributed by atoms with Gasteiger partial charge in [-0.2, -0.15) is 0 Å². The monoisotopic (exact) mass is 294 g/mol. The van der Waals surface area contributed by atoms with Gasteiger partial charge in [0.2, 0.25) is 0 Å². The molecular weight excluding hydrogens is 276 g/mol. The van der Waals surface area contributed by atoms with Crippen molar-refractivity contribution >= 4 is 16.9 Å². The minimum atomic E-state index is 0.859. The molecule has 1 N–H and O–H groups in total. The number of anilines is 1. The highest BCUT2D eigenvalue weighted by Crippen LogP contribution is 2.27. The average Bonchev–Trinajstić information content (AvgIpc) is 2.96. The number of para-hydroxylation sites is 1. The van der Waals surface area contributed by atoms with E-state index in [0.29, 0.717) is 0 Å². The van der Waals surface area contributed by atoms with Crippen molar-refractivity contribution in [2.24, 2.45) is 0 Å². The van der Waals surface area contributed by atoms with Gasteiger partial charge in [0.15, 0.2) is 11.5 Å². The second kappa shape index (κ2) is 5.38. The SMILES string of the molecule is Cc1ccccc1-n1nc(N2CCNCC2)c2cncnc21. The second-order valence-corrected chi connectivity index (χ2v) is 5.52. The molecule has 0 atom stereocenters. The van der Waals surface area contributed by atoms with Crippen LogP contribution in [0.25, 0.3) is 16.7 Å². The van der Waals surface area contributed by atoms with Gasteiger partial charge in [-0.1, -0.05) is 18.2 Å². The Morgan fingerprint density at radius 2 is 1.95 bits per heavy atom. The number of rotatable bonds is 2. The first-order valence-corrected chi connectivity index (χ1v) is 7.55. The fourth-order valence-corrected chi connectivity index (χ4v) is 2.92. The van der Waals surface area contributed by atoms with E-state index in [1.54, 1.807) is 6.33 Å². The number of nitrogens with zero attached hydrogens (tertiary/aromatic N) is 5. The van der Waals surface area contributed by atoms with Gasteiger partial charge in [0, 0.05) is 32.4 Å². The maximum absolute atomic E-state index is 4.86. The van der Waals surface area contributed by atoms with Crippen LogP contribution in [0, 0.1) is 6.92 Å². The van der Waals surface area contributed by atoms with Crippen LogP contribution in [0.4, 0.5) is 5.82 Å². The van der Waals surface area contributed by atoms with Crippen LogP contribution in [0.5, 0.6) is 0 Å². The number of piperazine rings is 1. The summed E-state index contributed by atoms with van der Waals surface area (Å²) >= 11 is 0. The smallest absolute Gasteiger partial charge is 0.168 e. The molecule has 0 spiro atoms. The third kappa shape index (κ3) is 2.12. The predicted molar refractivity (Wildman–Crippen MR) is 86.5 cm³/mol. The third-order valence-corrected chi connectivity index (χ3v) is 4.09. The lowest BCUT2D eigenvalue weighted by molar-refractivity contribution is 0.584. The molecule has 3 heterocycles. The molecule has 4 rings (SSSR count). The van der Waals surface area contributed by atoms with E-state index >= 15 is 0 Å². The van der Waals surface area contributed by atoms with Gasteiger partial charge in [-0.25, -0.2) is 14.6 Å². The highest BCUT2D eigenvalue weighted by Gasteiger charge is 2.20. The molecule has 0 amide bonds. The van der Waals surface area contributed by atoms with Crippen LogP contribution >= 0.6 is 0 Å². The summed E-state index contributed by atoms with van der Waals surface area (Å²) in [7, 11) is 0. The van der Waals surface area contributed by atoms with Crippen molar-refractivity contribution in [2.75, 3.05) is 31.1 Å². The summed E-state index contributed by atoms with van der Waals surface area (Å²) in [5.41, 5.74) is 3.10. The van der Waals surface area contributed by atoms with E-state index in [0.717, 1.165) is 48.7 Å². The third-order valence-electron chi connectivity index (χ3n) is 4.09. The number of aromatic nitrogens is 4. The molecule has 1 aliphatic heterocycles. The summed E-state index contributed by atoms with van der Waals surface area (Å²) in [6.07, 6.45) is 3.45. The van der Waals surface area contributed by atoms with Gasteiger partial charge in [-0.3, -0.25) is 0 Å². The molecule has 112 valence electrons. The van der Waals surface area contributed by atoms with Gasteiger partial charge in [0.05, 0.1) is 11.1 Å². The molecule has 2 aromatic heterocycles. The van der Waals surface area contributed by atoms with E-state index in [1.165, 1.54) is 5.56 Å². The zero-order chi connectivity index (χ0) is 14.9. The highest BCUT2D eigenvalue weighted by molar-refractivity contribution is 5.88. The highest BCUT2D eigenvalue weighted by atomic mass is 15.4. The Bertz CT molecular complexity index is 803. The second-order valence-electron chi connectivity index (χ2n) is 5.52. The largest absolute Gasteiger partial charge is 0.352 e. The lowest BCUT2D eigenvalue weighted by atomic mass is 10.2. The van der Waals surface area contributed by atoms with Gasteiger partial charge < -0.3 is 10.2 Å². The van der Waals surface area contributed by atoms with Crippen LogP contribution in [0.2, 0.25) is 0 Å². The normalized spacial score (nSPS) is 15.4. The predicted octanol–water partition coefficient (Wildman–Crippen LogP) is 1.53. The Hall–Kier alpha value is -2.47. The molecule has 1 aromatic carbocycles. The van der Waals surface area contributed by atoms with Crippen LogP contribution in [-0.4, -0.2) is 45.9 Å². The van der Waals surface area contributed by atoms with Crippen molar-refractivity contribution in [1.29, 1.82) is 0 Å². The number of benzene rings is 1. The van der Waals surface area contributed by atoms with E-state index < -0.39 is 0 Å². The quantitative estimate of drug-likeness (QED) is 0.777. The molecule has 0 saturated carbocycles. The molecule has 1 aliphatic rings. The summed E-state index contributed by atoms with van der Waals surface area (Å²) in [4.78, 5) is 11.0. The van der Waals surface area contributed by atoms with Crippen molar-refractivity contribution in [1.82, 2.24) is 25.1 Å². The summed E-state index contributed by atoms with van der Waals surface area (Å²) in [5.74, 6) is 0.973. The van der Waals surface area contributed by atoms with E-state index in [-0.39, 0.29) is 0 Å². The number of aryl methyl sites for hydroxylation is 1. The van der Waals surface area contributed by atoms with E-state index in [1.807, 2.05) is 23.0 Å². The van der Waals surface area contributed by atoms with Gasteiger partial charge >= 0.3 is 0 Å². The Labute approximate surface area is 128 Å². The molecule has 1 fully saturated rings. The number of hydrogen-bond donors (Lipinski definition) is 1. The molecule has 6 heteroatoms. The summed E-state index contributed by atoms with van der Waals surface area (Å²) in [5, 5.41) is 9.24. The zero-order valence-corrected chi connectivity index (χ0v) is 12.5. The maximum atomic E-state index is 4.86. The lowest BCUT2D eigenvalue weighted by Gasteiger charge is -2.27. The van der Waals surface area contributed by atoms with Crippen molar-refractivity contribution in [2.45, 2.75) is 6.92 Å². The van der Waals surface area contributed by atoms with Crippen LogP contribution in [0.1, 0.15) is 5.56 Å². The Balaban J connectivity index is 1.91. The first-order chi connectivity index (χ1) is 10.8. The number of fused-ring (bicyclic) bond motifs is 1. The molecule has 1 saturated heterocycles. The molecule has 0 bridgehead atoms. The molecular formula is C16H18N6. The van der Waals surface area contributed by atoms with E-state index in [9.17, 15) is 0 Å². The molecule has 3 aromatic rings. The number of nitrogens with one attached hydrogen (secondary N) is 1. The molecule has 0 unspecified atom stereocenters. The van der Waals surface area contributed by atoms with Crippen LogP contribution in [0.15, 0.2) is 36.8 Å².